The van der Waals surface area contributed by atoms with Crippen LogP contribution in [0.3, 0.4) is 0 Å². The highest BCUT2D eigenvalue weighted by atomic mass is 32.2. The monoisotopic (exact) mass is 304 g/mol. The van der Waals surface area contributed by atoms with E-state index in [0.29, 0.717) is 5.56 Å². The lowest BCUT2D eigenvalue weighted by Crippen LogP contribution is -2.12. The molecule has 0 fully saturated rings. The van der Waals surface area contributed by atoms with Gasteiger partial charge in [-0.2, -0.15) is 18.3 Å². The van der Waals surface area contributed by atoms with Crippen LogP contribution in [-0.2, 0) is 21.8 Å². The van der Waals surface area contributed by atoms with E-state index in [1.165, 1.54) is 0 Å². The molecule has 0 saturated heterocycles. The average molecular weight is 304 g/mol. The summed E-state index contributed by atoms with van der Waals surface area (Å²) in [7, 11) is -3.62. The Kier molecular flexibility index (Phi) is 3.59. The van der Waals surface area contributed by atoms with Gasteiger partial charge < -0.3 is 0 Å². The Morgan fingerprint density at radius 2 is 1.80 bits per heavy atom. The van der Waals surface area contributed by atoms with Crippen LogP contribution in [0.5, 0.6) is 0 Å². The number of halogens is 3. The summed E-state index contributed by atoms with van der Waals surface area (Å²) in [5.74, 6) is -0.720. The fraction of sp³-hybridized carbons (Fsp3) is 0.250. The van der Waals surface area contributed by atoms with Gasteiger partial charge in [0.1, 0.15) is 5.69 Å². The second-order valence-electron chi connectivity index (χ2n) is 4.36. The van der Waals surface area contributed by atoms with Crippen LogP contribution in [0, 0.1) is 0 Å². The molecule has 0 radical (unpaired) electrons. The quantitative estimate of drug-likeness (QED) is 0.948. The Morgan fingerprint density at radius 3 is 2.30 bits per heavy atom. The van der Waals surface area contributed by atoms with E-state index in [-0.39, 0.29) is 11.3 Å². The van der Waals surface area contributed by atoms with E-state index in [2.05, 4.69) is 5.10 Å². The maximum Gasteiger partial charge on any atom is 0.433 e. The molecule has 0 atom stereocenters. The number of H-pyrrole nitrogens is 1. The van der Waals surface area contributed by atoms with Gasteiger partial charge in [-0.25, -0.2) is 8.42 Å². The molecule has 0 spiro atoms. The molecule has 0 unspecified atom stereocenters. The minimum absolute atomic E-state index is 0.00310. The molecule has 2 rings (SSSR count). The van der Waals surface area contributed by atoms with Crippen LogP contribution in [0.25, 0.3) is 11.3 Å². The molecular formula is C12H11F3N2O2S. The van der Waals surface area contributed by atoms with Crippen LogP contribution in [-0.4, -0.2) is 24.9 Å². The largest absolute Gasteiger partial charge is 0.433 e. The molecule has 1 aromatic carbocycles. The van der Waals surface area contributed by atoms with Crippen LogP contribution in [0.15, 0.2) is 30.3 Å². The maximum absolute atomic E-state index is 12.9. The molecule has 1 N–H and O–H groups in total. The van der Waals surface area contributed by atoms with Gasteiger partial charge in [0.2, 0.25) is 0 Å². The van der Waals surface area contributed by atoms with Crippen molar-refractivity contribution in [2.24, 2.45) is 0 Å². The summed E-state index contributed by atoms with van der Waals surface area (Å²) in [5, 5.41) is 5.52. The van der Waals surface area contributed by atoms with E-state index in [9.17, 15) is 21.6 Å². The van der Waals surface area contributed by atoms with Crippen LogP contribution < -0.4 is 0 Å². The zero-order chi connectivity index (χ0) is 15.0. The van der Waals surface area contributed by atoms with Crippen molar-refractivity contribution in [2.75, 3.05) is 6.26 Å². The van der Waals surface area contributed by atoms with Gasteiger partial charge >= 0.3 is 6.18 Å². The highest BCUT2D eigenvalue weighted by Gasteiger charge is 2.38. The average Bonchev–Trinajstić information content (AvgIpc) is 2.71. The van der Waals surface area contributed by atoms with Gasteiger partial charge in [0.15, 0.2) is 9.84 Å². The fourth-order valence-corrected chi connectivity index (χ4v) is 2.64. The number of sulfone groups is 1. The normalized spacial score (nSPS) is 12.6. The van der Waals surface area contributed by atoms with Gasteiger partial charge in [0.05, 0.1) is 11.4 Å². The highest BCUT2D eigenvalue weighted by molar-refractivity contribution is 7.89. The third-order valence-electron chi connectivity index (χ3n) is 2.60. The Labute approximate surface area is 113 Å². The summed E-state index contributed by atoms with van der Waals surface area (Å²) in [4.78, 5) is 0. The third-order valence-corrected chi connectivity index (χ3v) is 3.42. The first-order valence-corrected chi connectivity index (χ1v) is 7.62. The molecule has 1 heterocycles. The van der Waals surface area contributed by atoms with E-state index in [1.807, 2.05) is 5.10 Å². The van der Waals surface area contributed by atoms with Crippen molar-refractivity contribution in [3.05, 3.63) is 41.6 Å². The lowest BCUT2D eigenvalue weighted by molar-refractivity contribution is -0.141. The molecule has 8 heteroatoms. The number of hydrogen-bond donors (Lipinski definition) is 1. The molecule has 4 nitrogen and oxygen atoms in total. The molecule has 0 bridgehead atoms. The minimum Gasteiger partial charge on any atom is -0.273 e. The van der Waals surface area contributed by atoms with E-state index in [1.54, 1.807) is 30.3 Å². The van der Waals surface area contributed by atoms with Gasteiger partial charge in [-0.15, -0.1) is 0 Å². The number of hydrogen-bond acceptors (Lipinski definition) is 3. The zero-order valence-corrected chi connectivity index (χ0v) is 11.2. The van der Waals surface area contributed by atoms with Crippen molar-refractivity contribution < 1.29 is 21.6 Å². The van der Waals surface area contributed by atoms with Gasteiger partial charge in [-0.05, 0) is 0 Å². The standard InChI is InChI=1S/C12H11F3N2O2S/c1-20(18,19)7-9-10(8-5-3-2-4-6-8)16-17-11(9)12(13,14)15/h2-6H,7H2,1H3,(H,16,17). The van der Waals surface area contributed by atoms with Crippen molar-refractivity contribution in [1.29, 1.82) is 0 Å². The lowest BCUT2D eigenvalue weighted by atomic mass is 10.1. The molecule has 0 aliphatic carbocycles. The van der Waals surface area contributed by atoms with Gasteiger partial charge in [0.25, 0.3) is 0 Å². The van der Waals surface area contributed by atoms with E-state index >= 15 is 0 Å². The maximum atomic E-state index is 12.9. The molecule has 108 valence electrons. The van der Waals surface area contributed by atoms with E-state index in [4.69, 9.17) is 0 Å². The topological polar surface area (TPSA) is 62.8 Å². The predicted octanol–water partition coefficient (Wildman–Crippen LogP) is 2.64. The second-order valence-corrected chi connectivity index (χ2v) is 6.50. The van der Waals surface area contributed by atoms with Gasteiger partial charge in [-0.3, -0.25) is 5.10 Å². The summed E-state index contributed by atoms with van der Waals surface area (Å²) < 4.78 is 61.4. The minimum atomic E-state index is -4.68. The molecule has 1 aromatic heterocycles. The van der Waals surface area contributed by atoms with Crippen LogP contribution in [0.2, 0.25) is 0 Å². The highest BCUT2D eigenvalue weighted by Crippen LogP contribution is 2.35. The van der Waals surface area contributed by atoms with Crippen LogP contribution >= 0.6 is 0 Å². The van der Waals surface area contributed by atoms with Crippen molar-refractivity contribution in [1.82, 2.24) is 10.2 Å². The second kappa shape index (κ2) is 4.93. The molecule has 0 aliphatic rings. The summed E-state index contributed by atoms with van der Waals surface area (Å²) in [6, 6.07) is 8.13. The summed E-state index contributed by atoms with van der Waals surface area (Å²) in [5.41, 5.74) is -1.05. The van der Waals surface area contributed by atoms with Crippen molar-refractivity contribution in [3.63, 3.8) is 0 Å². The van der Waals surface area contributed by atoms with Crippen LogP contribution in [0.4, 0.5) is 13.2 Å². The summed E-state index contributed by atoms with van der Waals surface area (Å²) >= 11 is 0. The van der Waals surface area contributed by atoms with Crippen molar-refractivity contribution in [2.45, 2.75) is 11.9 Å². The first-order valence-electron chi connectivity index (χ1n) is 5.56. The van der Waals surface area contributed by atoms with E-state index in [0.717, 1.165) is 6.26 Å². The number of nitrogens with zero attached hydrogens (tertiary/aromatic N) is 1. The predicted molar refractivity (Wildman–Crippen MR) is 67.6 cm³/mol. The Balaban J connectivity index is 2.62. The summed E-state index contributed by atoms with van der Waals surface area (Å²) in [6.07, 6.45) is -3.80. The molecule has 2 aromatic rings. The van der Waals surface area contributed by atoms with Gasteiger partial charge in [0, 0.05) is 17.4 Å². The van der Waals surface area contributed by atoms with Crippen molar-refractivity contribution in [3.8, 4) is 11.3 Å². The smallest absolute Gasteiger partial charge is 0.273 e. The molecule has 0 saturated carbocycles. The SMILES string of the molecule is CS(=O)(=O)Cc1c(-c2ccccc2)n[nH]c1C(F)(F)F. The zero-order valence-electron chi connectivity index (χ0n) is 10.4. The Bertz CT molecular complexity index is 706. The molecule has 0 aliphatic heterocycles. The first-order chi connectivity index (χ1) is 9.18. The Morgan fingerprint density at radius 1 is 1.20 bits per heavy atom. The third kappa shape index (κ3) is 3.19. The fourth-order valence-electron chi connectivity index (χ4n) is 1.84. The van der Waals surface area contributed by atoms with Crippen LogP contribution in [0.1, 0.15) is 11.3 Å². The molecule has 0 amide bonds. The number of aromatic nitrogens is 2. The van der Waals surface area contributed by atoms with E-state index < -0.39 is 27.5 Å². The molecular weight excluding hydrogens is 293 g/mol. The first kappa shape index (κ1) is 14.6. The number of alkyl halides is 3. The van der Waals surface area contributed by atoms with Gasteiger partial charge in [-0.1, -0.05) is 30.3 Å². The van der Waals surface area contributed by atoms with Crippen molar-refractivity contribution >= 4 is 9.84 Å². The number of nitrogens with one attached hydrogen (secondary N) is 1. The Hall–Kier alpha value is -1.83. The number of rotatable bonds is 3. The number of benzene rings is 1. The lowest BCUT2D eigenvalue weighted by Gasteiger charge is -2.08. The summed E-state index contributed by atoms with van der Waals surface area (Å²) in [6.45, 7) is 0. The molecule has 20 heavy (non-hydrogen) atoms. The number of aromatic amines is 1.